The molecule has 5 rings (SSSR count). The second-order valence-corrected chi connectivity index (χ2v) is 9.63. The van der Waals surface area contributed by atoms with Gasteiger partial charge in [-0.05, 0) is 61.7 Å². The van der Waals surface area contributed by atoms with Crippen LogP contribution in [0.15, 0.2) is 54.6 Å². The number of carbonyl (C=O) groups excluding carboxylic acids is 2. The lowest BCUT2D eigenvalue weighted by Crippen LogP contribution is -2.35. The average Bonchev–Trinajstić information content (AvgIpc) is 3.31. The molecule has 8 nitrogen and oxygen atoms in total. The summed E-state index contributed by atoms with van der Waals surface area (Å²) in [6.45, 7) is 1.32. The van der Waals surface area contributed by atoms with Crippen LogP contribution >= 0.6 is 23.2 Å². The Hall–Kier alpha value is -3.88. The highest BCUT2D eigenvalue weighted by atomic mass is 35.5. The van der Waals surface area contributed by atoms with E-state index in [0.717, 1.165) is 30.3 Å². The number of aromatic amines is 1. The number of benzene rings is 3. The number of carbonyl (C=O) groups is 3. The van der Waals surface area contributed by atoms with Gasteiger partial charge in [0.2, 0.25) is 0 Å². The molecule has 1 fully saturated rings. The molecular weight excluding hydrogens is 515 g/mol. The Kier molecular flexibility index (Phi) is 6.86. The summed E-state index contributed by atoms with van der Waals surface area (Å²) in [5, 5.41) is 13.2. The molecule has 1 aromatic heterocycles. The van der Waals surface area contributed by atoms with Crippen molar-refractivity contribution in [3.05, 3.63) is 81.3 Å². The number of aromatic carboxylic acids is 1. The van der Waals surface area contributed by atoms with E-state index in [4.69, 9.17) is 23.2 Å². The molecular formula is C27H22Cl2N4O4. The molecule has 1 aliphatic heterocycles. The lowest BCUT2D eigenvalue weighted by atomic mass is 10.0. The van der Waals surface area contributed by atoms with Crippen molar-refractivity contribution in [1.82, 2.24) is 14.9 Å². The number of anilines is 1. The lowest BCUT2D eigenvalue weighted by molar-refractivity contribution is 0.0698. The first kappa shape index (κ1) is 24.8. The third-order valence-electron chi connectivity index (χ3n) is 6.33. The van der Waals surface area contributed by atoms with E-state index in [1.165, 1.54) is 12.1 Å². The van der Waals surface area contributed by atoms with E-state index in [1.807, 2.05) is 0 Å². The fraction of sp³-hybridized carbons (Fsp3) is 0.185. The molecule has 10 heteroatoms. The summed E-state index contributed by atoms with van der Waals surface area (Å²) >= 11 is 12.1. The summed E-state index contributed by atoms with van der Waals surface area (Å²) in [6, 6.07) is 14.4. The maximum absolute atomic E-state index is 12.9. The van der Waals surface area contributed by atoms with Crippen molar-refractivity contribution in [2.75, 3.05) is 18.4 Å². The van der Waals surface area contributed by atoms with Crippen LogP contribution in [0.4, 0.5) is 5.69 Å². The maximum Gasteiger partial charge on any atom is 0.337 e. The number of nitrogens with zero attached hydrogens (tertiary/aromatic N) is 2. The molecule has 2 amide bonds. The van der Waals surface area contributed by atoms with Crippen molar-refractivity contribution in [3.8, 4) is 11.4 Å². The number of fused-ring (bicyclic) bond motifs is 1. The van der Waals surface area contributed by atoms with E-state index < -0.39 is 11.9 Å². The van der Waals surface area contributed by atoms with Crippen LogP contribution in [-0.2, 0) is 0 Å². The summed E-state index contributed by atoms with van der Waals surface area (Å²) in [7, 11) is 0. The van der Waals surface area contributed by atoms with E-state index in [0.29, 0.717) is 40.0 Å². The molecule has 1 saturated heterocycles. The van der Waals surface area contributed by atoms with Crippen molar-refractivity contribution in [2.24, 2.45) is 0 Å². The van der Waals surface area contributed by atoms with E-state index in [1.54, 1.807) is 47.4 Å². The zero-order chi connectivity index (χ0) is 26.1. The SMILES string of the molecule is O=C(Nc1ccc(C(=O)N2CCCCC2)cc1C(=O)O)c1ccc(-c2nc3cc(Cl)c(Cl)cc3[nH]2)cc1. The first-order chi connectivity index (χ1) is 17.8. The Morgan fingerprint density at radius 1 is 0.892 bits per heavy atom. The second kappa shape index (κ2) is 10.2. The van der Waals surface area contributed by atoms with Crippen LogP contribution in [0.1, 0.15) is 50.3 Å². The number of rotatable bonds is 5. The summed E-state index contributed by atoms with van der Waals surface area (Å²) in [6.07, 6.45) is 2.95. The van der Waals surface area contributed by atoms with Gasteiger partial charge < -0.3 is 20.3 Å². The predicted octanol–water partition coefficient (Wildman–Crippen LogP) is 6.11. The van der Waals surface area contributed by atoms with Crippen LogP contribution < -0.4 is 5.32 Å². The number of hydrogen-bond acceptors (Lipinski definition) is 4. The number of nitrogens with one attached hydrogen (secondary N) is 2. The number of imidazole rings is 1. The van der Waals surface area contributed by atoms with Crippen LogP contribution in [0.2, 0.25) is 10.0 Å². The van der Waals surface area contributed by atoms with Crippen molar-refractivity contribution < 1.29 is 19.5 Å². The quantitative estimate of drug-likeness (QED) is 0.284. The van der Waals surface area contributed by atoms with Gasteiger partial charge in [0.05, 0.1) is 32.3 Å². The average molecular weight is 537 g/mol. The van der Waals surface area contributed by atoms with Gasteiger partial charge >= 0.3 is 5.97 Å². The fourth-order valence-corrected chi connectivity index (χ4v) is 4.68. The minimum atomic E-state index is -1.23. The molecule has 2 heterocycles. The third kappa shape index (κ3) is 5.16. The Labute approximate surface area is 222 Å². The Balaban J connectivity index is 1.34. The molecule has 37 heavy (non-hydrogen) atoms. The lowest BCUT2D eigenvalue weighted by Gasteiger charge is -2.27. The first-order valence-electron chi connectivity index (χ1n) is 11.7. The van der Waals surface area contributed by atoms with Crippen LogP contribution in [0.5, 0.6) is 0 Å². The Bertz CT molecular complexity index is 1490. The highest BCUT2D eigenvalue weighted by Crippen LogP contribution is 2.29. The molecule has 0 radical (unpaired) electrons. The molecule has 1 aliphatic rings. The number of H-pyrrole nitrogens is 1. The topological polar surface area (TPSA) is 115 Å². The largest absolute Gasteiger partial charge is 0.478 e. The number of likely N-dealkylation sites (tertiary alicyclic amines) is 1. The van der Waals surface area contributed by atoms with Crippen LogP contribution in [-0.4, -0.2) is 50.8 Å². The van der Waals surface area contributed by atoms with Gasteiger partial charge in [0, 0.05) is 29.8 Å². The van der Waals surface area contributed by atoms with Crippen LogP contribution in [0.25, 0.3) is 22.4 Å². The normalized spacial score (nSPS) is 13.5. The van der Waals surface area contributed by atoms with Crippen molar-refractivity contribution in [3.63, 3.8) is 0 Å². The Morgan fingerprint density at radius 2 is 1.57 bits per heavy atom. The van der Waals surface area contributed by atoms with Crippen molar-refractivity contribution in [1.29, 1.82) is 0 Å². The molecule has 3 aromatic carbocycles. The second-order valence-electron chi connectivity index (χ2n) is 8.82. The first-order valence-corrected chi connectivity index (χ1v) is 12.5. The van der Waals surface area contributed by atoms with Crippen LogP contribution in [0, 0.1) is 0 Å². The molecule has 0 atom stereocenters. The molecule has 188 valence electrons. The predicted molar refractivity (Wildman–Crippen MR) is 143 cm³/mol. The zero-order valence-corrected chi connectivity index (χ0v) is 21.1. The van der Waals surface area contributed by atoms with Gasteiger partial charge in [-0.2, -0.15) is 0 Å². The number of carboxylic acid groups (broad SMARTS) is 1. The standard InChI is InChI=1S/C27H22Cl2N4O4/c28-19-13-22-23(14-20(19)29)31-24(30-22)15-4-6-16(7-5-15)25(34)32-21-9-8-17(12-18(21)27(36)37)26(35)33-10-2-1-3-11-33/h4-9,12-14H,1-3,10-11H2,(H,30,31)(H,32,34)(H,36,37). The minimum Gasteiger partial charge on any atom is -0.478 e. The molecule has 0 aliphatic carbocycles. The summed E-state index contributed by atoms with van der Waals surface area (Å²) < 4.78 is 0. The molecule has 0 bridgehead atoms. The van der Waals surface area contributed by atoms with Crippen molar-refractivity contribution in [2.45, 2.75) is 19.3 Å². The van der Waals surface area contributed by atoms with Gasteiger partial charge in [0.25, 0.3) is 11.8 Å². The van der Waals surface area contributed by atoms with E-state index in [9.17, 15) is 19.5 Å². The fourth-order valence-electron chi connectivity index (χ4n) is 4.36. The maximum atomic E-state index is 12.9. The highest BCUT2D eigenvalue weighted by molar-refractivity contribution is 6.42. The number of amides is 2. The minimum absolute atomic E-state index is 0.114. The summed E-state index contributed by atoms with van der Waals surface area (Å²) in [5.41, 5.74) is 2.72. The van der Waals surface area contributed by atoms with Gasteiger partial charge in [-0.1, -0.05) is 35.3 Å². The van der Waals surface area contributed by atoms with Gasteiger partial charge in [0.15, 0.2) is 0 Å². The molecule has 0 spiro atoms. The molecule has 3 N–H and O–H groups in total. The smallest absolute Gasteiger partial charge is 0.337 e. The third-order valence-corrected chi connectivity index (χ3v) is 7.06. The number of hydrogen-bond donors (Lipinski definition) is 3. The van der Waals surface area contributed by atoms with Gasteiger partial charge in [0.1, 0.15) is 5.82 Å². The number of piperidine rings is 1. The number of halogens is 2. The number of aromatic nitrogens is 2. The molecule has 4 aromatic rings. The van der Waals surface area contributed by atoms with E-state index in [2.05, 4.69) is 15.3 Å². The van der Waals surface area contributed by atoms with Crippen molar-refractivity contribution >= 4 is 57.7 Å². The van der Waals surface area contributed by atoms with E-state index >= 15 is 0 Å². The molecule has 0 unspecified atom stereocenters. The molecule has 0 saturated carbocycles. The number of carboxylic acids is 1. The Morgan fingerprint density at radius 3 is 2.27 bits per heavy atom. The van der Waals surface area contributed by atoms with E-state index in [-0.39, 0.29) is 22.7 Å². The van der Waals surface area contributed by atoms with Gasteiger partial charge in [-0.3, -0.25) is 9.59 Å². The van der Waals surface area contributed by atoms with Crippen LogP contribution in [0.3, 0.4) is 0 Å². The highest BCUT2D eigenvalue weighted by Gasteiger charge is 2.21. The summed E-state index contributed by atoms with van der Waals surface area (Å²) in [5.74, 6) is -1.33. The zero-order valence-electron chi connectivity index (χ0n) is 19.6. The van der Waals surface area contributed by atoms with Gasteiger partial charge in [-0.25, -0.2) is 9.78 Å². The summed E-state index contributed by atoms with van der Waals surface area (Å²) in [4.78, 5) is 47.0. The monoisotopic (exact) mass is 536 g/mol. The van der Waals surface area contributed by atoms with Gasteiger partial charge in [-0.15, -0.1) is 0 Å².